The fourth-order valence-electron chi connectivity index (χ4n) is 4.28. The molecule has 0 fully saturated rings. The zero-order valence-corrected chi connectivity index (χ0v) is 21.7. The summed E-state index contributed by atoms with van der Waals surface area (Å²) in [6.07, 6.45) is 2.07. The maximum Gasteiger partial charge on any atom is 1.00 e. The number of aliphatic carboxylic acids is 1. The molecule has 0 atom stereocenters. The molecule has 4 nitrogen and oxygen atoms in total. The van der Waals surface area contributed by atoms with E-state index in [2.05, 4.69) is 29.3 Å². The quantitative estimate of drug-likeness (QED) is 0.533. The van der Waals surface area contributed by atoms with Gasteiger partial charge in [-0.05, 0) is 91.3 Å². The third-order valence-electron chi connectivity index (χ3n) is 6.00. The molecular formula is C26H25ClFN2NaO2. The number of hydrogen-bond acceptors (Lipinski definition) is 4. The molecule has 0 radical (unpaired) electrons. The van der Waals surface area contributed by atoms with Crippen LogP contribution >= 0.6 is 11.6 Å². The van der Waals surface area contributed by atoms with Crippen LogP contribution in [-0.4, -0.2) is 12.5 Å². The van der Waals surface area contributed by atoms with Gasteiger partial charge >= 0.3 is 29.6 Å². The first-order valence-electron chi connectivity index (χ1n) is 10.8. The van der Waals surface area contributed by atoms with Crippen molar-refractivity contribution in [3.05, 3.63) is 87.7 Å². The van der Waals surface area contributed by atoms with Gasteiger partial charge in [-0.2, -0.15) is 0 Å². The Labute approximate surface area is 221 Å². The Balaban J connectivity index is 0.00000306. The molecule has 0 unspecified atom stereocenters. The minimum Gasteiger partial charge on any atom is -0.550 e. The topological polar surface area (TPSA) is 55.4 Å². The Morgan fingerprint density at radius 2 is 1.85 bits per heavy atom. The van der Waals surface area contributed by atoms with Gasteiger partial charge in [0.25, 0.3) is 0 Å². The van der Waals surface area contributed by atoms with E-state index < -0.39 is 11.8 Å². The summed E-state index contributed by atoms with van der Waals surface area (Å²) in [6, 6.07) is 17.1. The molecule has 0 saturated heterocycles. The number of hydrogen-bond donors (Lipinski definition) is 1. The van der Waals surface area contributed by atoms with Crippen molar-refractivity contribution in [2.75, 3.05) is 16.8 Å². The molecule has 0 aromatic heterocycles. The van der Waals surface area contributed by atoms with E-state index in [1.54, 1.807) is 12.1 Å². The van der Waals surface area contributed by atoms with Gasteiger partial charge in [0.1, 0.15) is 5.82 Å². The summed E-state index contributed by atoms with van der Waals surface area (Å²) < 4.78 is 14.3. The van der Waals surface area contributed by atoms with E-state index in [9.17, 15) is 14.3 Å². The summed E-state index contributed by atoms with van der Waals surface area (Å²) in [4.78, 5) is 13.0. The number of carboxylic acid groups (broad SMARTS) is 1. The average Bonchev–Trinajstić information content (AvgIpc) is 2.78. The van der Waals surface area contributed by atoms with Crippen molar-refractivity contribution in [1.82, 2.24) is 0 Å². The van der Waals surface area contributed by atoms with E-state index in [-0.39, 0.29) is 42.4 Å². The molecule has 1 heterocycles. The summed E-state index contributed by atoms with van der Waals surface area (Å²) in [6.45, 7) is 3.64. The number of carboxylic acids is 1. The van der Waals surface area contributed by atoms with Crippen molar-refractivity contribution in [3.8, 4) is 0 Å². The normalized spacial score (nSPS) is 12.6. The van der Waals surface area contributed by atoms with Crippen LogP contribution in [-0.2, 0) is 24.2 Å². The number of halogens is 2. The number of aryl methyl sites for hydroxylation is 2. The monoisotopic (exact) mass is 474 g/mol. The van der Waals surface area contributed by atoms with Gasteiger partial charge in [0.05, 0.1) is 0 Å². The molecule has 166 valence electrons. The van der Waals surface area contributed by atoms with Gasteiger partial charge in [-0.15, -0.1) is 0 Å². The summed E-state index contributed by atoms with van der Waals surface area (Å²) in [5, 5.41) is 14.6. The fraction of sp³-hybridized carbons (Fsp3) is 0.269. The van der Waals surface area contributed by atoms with E-state index in [1.165, 1.54) is 22.9 Å². The Hall–Kier alpha value is -2.05. The molecule has 1 N–H and O–H groups in total. The maximum absolute atomic E-state index is 14.3. The molecular weight excluding hydrogens is 450 g/mol. The number of rotatable bonds is 7. The molecule has 0 spiro atoms. The van der Waals surface area contributed by atoms with Gasteiger partial charge in [-0.1, -0.05) is 29.8 Å². The van der Waals surface area contributed by atoms with E-state index >= 15 is 0 Å². The summed E-state index contributed by atoms with van der Waals surface area (Å²) in [5.74, 6) is -1.59. The molecule has 0 aliphatic carbocycles. The van der Waals surface area contributed by atoms with Crippen LogP contribution in [0.25, 0.3) is 0 Å². The second-order valence-electron chi connectivity index (χ2n) is 8.12. The van der Waals surface area contributed by atoms with Crippen molar-refractivity contribution in [2.24, 2.45) is 0 Å². The first-order chi connectivity index (χ1) is 15.4. The van der Waals surface area contributed by atoms with Crippen molar-refractivity contribution in [1.29, 1.82) is 0 Å². The minimum atomic E-state index is -1.18. The van der Waals surface area contributed by atoms with Crippen molar-refractivity contribution < 1.29 is 43.8 Å². The molecule has 4 rings (SSSR count). The number of anilines is 3. The van der Waals surface area contributed by atoms with Crippen LogP contribution in [0.5, 0.6) is 0 Å². The molecule has 1 aliphatic heterocycles. The van der Waals surface area contributed by atoms with Gasteiger partial charge in [0.15, 0.2) is 0 Å². The predicted molar refractivity (Wildman–Crippen MR) is 125 cm³/mol. The SMILES string of the molecule is Cc1c(CNc2ccc(CCC(=O)[O-])c(F)c2)ccc2c1N(c1ccc(Cl)cc1)CCC2.[Na+]. The molecule has 3 aromatic carbocycles. The summed E-state index contributed by atoms with van der Waals surface area (Å²) >= 11 is 6.08. The van der Waals surface area contributed by atoms with Crippen molar-refractivity contribution >= 4 is 34.6 Å². The third-order valence-corrected chi connectivity index (χ3v) is 6.25. The number of benzene rings is 3. The van der Waals surface area contributed by atoms with Crippen LogP contribution in [0.4, 0.5) is 21.5 Å². The zero-order chi connectivity index (χ0) is 22.7. The number of fused-ring (bicyclic) bond motifs is 1. The molecule has 0 bridgehead atoms. The fourth-order valence-corrected chi connectivity index (χ4v) is 4.41. The van der Waals surface area contributed by atoms with E-state index in [1.807, 2.05) is 24.3 Å². The molecule has 33 heavy (non-hydrogen) atoms. The third kappa shape index (κ3) is 6.10. The minimum absolute atomic E-state index is 0. The van der Waals surface area contributed by atoms with Gasteiger partial charge in [0, 0.05) is 41.1 Å². The molecule has 0 saturated carbocycles. The Morgan fingerprint density at radius 3 is 2.55 bits per heavy atom. The van der Waals surface area contributed by atoms with E-state index in [0.29, 0.717) is 17.8 Å². The number of nitrogens with one attached hydrogen (secondary N) is 1. The van der Waals surface area contributed by atoms with Gasteiger partial charge < -0.3 is 20.1 Å². The maximum atomic E-state index is 14.3. The van der Waals surface area contributed by atoms with Crippen LogP contribution in [0.2, 0.25) is 5.02 Å². The van der Waals surface area contributed by atoms with Gasteiger partial charge in [-0.3, -0.25) is 0 Å². The second kappa shape index (κ2) is 11.4. The van der Waals surface area contributed by atoms with E-state index in [4.69, 9.17) is 11.6 Å². The first-order valence-corrected chi connectivity index (χ1v) is 11.2. The van der Waals surface area contributed by atoms with Crippen LogP contribution in [0, 0.1) is 12.7 Å². The van der Waals surface area contributed by atoms with Crippen LogP contribution in [0.15, 0.2) is 54.6 Å². The number of carbonyl (C=O) groups is 1. The summed E-state index contributed by atoms with van der Waals surface area (Å²) in [7, 11) is 0. The van der Waals surface area contributed by atoms with Crippen LogP contribution in [0.3, 0.4) is 0 Å². The average molecular weight is 475 g/mol. The molecule has 7 heteroatoms. The van der Waals surface area contributed by atoms with Crippen LogP contribution in [0.1, 0.15) is 35.1 Å². The number of carbonyl (C=O) groups excluding carboxylic acids is 1. The van der Waals surface area contributed by atoms with Crippen molar-refractivity contribution in [2.45, 2.75) is 39.2 Å². The molecule has 0 amide bonds. The predicted octanol–water partition coefficient (Wildman–Crippen LogP) is 2.17. The van der Waals surface area contributed by atoms with Crippen LogP contribution < -0.4 is 44.9 Å². The standard InChI is InChI=1S/C26H26ClFN2O2.Na/c1-17-20(16-29-22-10-6-18(24(28)15-22)7-13-25(31)32)5-4-19-3-2-14-30(26(17)19)23-11-8-21(27)9-12-23;/h4-6,8-12,15,29H,2-3,7,13-14,16H2,1H3,(H,31,32);/q;+1/p-1. The zero-order valence-electron chi connectivity index (χ0n) is 19.0. The largest absolute Gasteiger partial charge is 1.00 e. The summed E-state index contributed by atoms with van der Waals surface area (Å²) in [5.41, 5.74) is 7.08. The Kier molecular flexibility index (Phi) is 8.82. The second-order valence-corrected chi connectivity index (χ2v) is 8.56. The van der Waals surface area contributed by atoms with E-state index in [0.717, 1.165) is 35.7 Å². The molecule has 1 aliphatic rings. The number of nitrogens with zero attached hydrogens (tertiary/aromatic N) is 1. The Morgan fingerprint density at radius 1 is 1.12 bits per heavy atom. The Bertz CT molecular complexity index is 1140. The first kappa shape index (κ1) is 25.6. The van der Waals surface area contributed by atoms with Gasteiger partial charge in [-0.25, -0.2) is 4.39 Å². The van der Waals surface area contributed by atoms with Gasteiger partial charge in [0.2, 0.25) is 0 Å². The smallest absolute Gasteiger partial charge is 0.550 e. The molecule has 3 aromatic rings. The van der Waals surface area contributed by atoms with Crippen molar-refractivity contribution in [3.63, 3.8) is 0 Å².